The Morgan fingerprint density at radius 3 is 2.33 bits per heavy atom. The third-order valence-electron chi connectivity index (χ3n) is 4.23. The van der Waals surface area contributed by atoms with Crippen molar-refractivity contribution in [3.8, 4) is 5.75 Å². The number of hydrogen-bond acceptors (Lipinski definition) is 1. The maximum absolute atomic E-state index is 5.33. The molecule has 4 aromatic carbocycles. The average Bonchev–Trinajstić information content (AvgIpc) is 2.53. The first-order chi connectivity index (χ1) is 10.3. The Balaban J connectivity index is 2.19. The van der Waals surface area contributed by atoms with Crippen molar-refractivity contribution in [1.82, 2.24) is 0 Å². The van der Waals surface area contributed by atoms with Crippen LogP contribution in [0.15, 0.2) is 60.7 Å². The van der Waals surface area contributed by atoms with E-state index in [2.05, 4.69) is 61.5 Å². The molecule has 0 bridgehead atoms. The van der Waals surface area contributed by atoms with Gasteiger partial charge in [0.1, 0.15) is 5.75 Å². The smallest absolute Gasteiger partial charge is 0.119 e. The van der Waals surface area contributed by atoms with Crippen LogP contribution in [0.1, 0.15) is 5.56 Å². The second kappa shape index (κ2) is 4.49. The summed E-state index contributed by atoms with van der Waals surface area (Å²) in [4.78, 5) is 0. The van der Waals surface area contributed by atoms with E-state index in [-0.39, 0.29) is 0 Å². The molecule has 21 heavy (non-hydrogen) atoms. The molecule has 0 saturated carbocycles. The van der Waals surface area contributed by atoms with Crippen molar-refractivity contribution in [3.05, 3.63) is 66.2 Å². The highest BCUT2D eigenvalue weighted by molar-refractivity contribution is 6.13. The van der Waals surface area contributed by atoms with Gasteiger partial charge in [0.25, 0.3) is 0 Å². The van der Waals surface area contributed by atoms with E-state index >= 15 is 0 Å². The van der Waals surface area contributed by atoms with Gasteiger partial charge in [0.15, 0.2) is 0 Å². The molecule has 0 N–H and O–H groups in total. The van der Waals surface area contributed by atoms with Gasteiger partial charge in [-0.3, -0.25) is 0 Å². The molecular weight excluding hydrogens is 256 g/mol. The summed E-state index contributed by atoms with van der Waals surface area (Å²) in [6.45, 7) is 2.18. The van der Waals surface area contributed by atoms with Gasteiger partial charge in [-0.1, -0.05) is 36.4 Å². The van der Waals surface area contributed by atoms with Gasteiger partial charge in [-0.2, -0.15) is 0 Å². The van der Waals surface area contributed by atoms with Crippen LogP contribution in [0.5, 0.6) is 5.75 Å². The van der Waals surface area contributed by atoms with Crippen LogP contribution >= 0.6 is 0 Å². The third kappa shape index (κ3) is 1.85. The average molecular weight is 272 g/mol. The molecule has 4 aromatic rings. The van der Waals surface area contributed by atoms with E-state index in [0.29, 0.717) is 0 Å². The van der Waals surface area contributed by atoms with Gasteiger partial charge in [-0.25, -0.2) is 0 Å². The first-order valence-corrected chi connectivity index (χ1v) is 7.16. The predicted octanol–water partition coefficient (Wildman–Crippen LogP) is 5.46. The molecule has 0 heterocycles. The lowest BCUT2D eigenvalue weighted by Gasteiger charge is -2.10. The number of rotatable bonds is 1. The maximum Gasteiger partial charge on any atom is 0.119 e. The highest BCUT2D eigenvalue weighted by atomic mass is 16.5. The van der Waals surface area contributed by atoms with Crippen molar-refractivity contribution < 1.29 is 4.74 Å². The second-order valence-corrected chi connectivity index (χ2v) is 5.53. The molecule has 0 aliphatic heterocycles. The van der Waals surface area contributed by atoms with E-state index in [1.807, 2.05) is 6.07 Å². The van der Waals surface area contributed by atoms with Gasteiger partial charge in [0.2, 0.25) is 0 Å². The van der Waals surface area contributed by atoms with Crippen molar-refractivity contribution >= 4 is 32.3 Å². The Morgan fingerprint density at radius 2 is 1.48 bits per heavy atom. The van der Waals surface area contributed by atoms with E-state index in [0.717, 1.165) is 5.75 Å². The summed E-state index contributed by atoms with van der Waals surface area (Å²) in [6.07, 6.45) is 0. The van der Waals surface area contributed by atoms with Crippen LogP contribution in [-0.2, 0) is 0 Å². The molecule has 4 rings (SSSR count). The predicted molar refractivity (Wildman–Crippen MR) is 90.2 cm³/mol. The molecule has 1 nitrogen and oxygen atoms in total. The zero-order chi connectivity index (χ0) is 14.4. The number of benzene rings is 4. The summed E-state index contributed by atoms with van der Waals surface area (Å²) in [7, 11) is 1.71. The summed E-state index contributed by atoms with van der Waals surface area (Å²) >= 11 is 0. The molecule has 0 amide bonds. The summed E-state index contributed by atoms with van der Waals surface area (Å²) in [6, 6.07) is 21.7. The van der Waals surface area contributed by atoms with E-state index in [4.69, 9.17) is 4.74 Å². The van der Waals surface area contributed by atoms with Crippen molar-refractivity contribution in [3.63, 3.8) is 0 Å². The Labute approximate surface area is 123 Å². The fourth-order valence-electron chi connectivity index (χ4n) is 3.13. The van der Waals surface area contributed by atoms with Crippen LogP contribution < -0.4 is 4.74 Å². The van der Waals surface area contributed by atoms with Crippen molar-refractivity contribution in [1.29, 1.82) is 0 Å². The van der Waals surface area contributed by atoms with Gasteiger partial charge in [-0.05, 0) is 69.1 Å². The number of methoxy groups -OCH3 is 1. The van der Waals surface area contributed by atoms with Crippen molar-refractivity contribution in [2.24, 2.45) is 0 Å². The van der Waals surface area contributed by atoms with Crippen molar-refractivity contribution in [2.75, 3.05) is 7.11 Å². The lowest BCUT2D eigenvalue weighted by Crippen LogP contribution is -1.85. The zero-order valence-corrected chi connectivity index (χ0v) is 12.2. The maximum atomic E-state index is 5.33. The number of fused-ring (bicyclic) bond motifs is 4. The molecule has 0 radical (unpaired) electrons. The second-order valence-electron chi connectivity index (χ2n) is 5.53. The number of hydrogen-bond donors (Lipinski definition) is 0. The van der Waals surface area contributed by atoms with Gasteiger partial charge in [-0.15, -0.1) is 0 Å². The molecule has 0 aromatic heterocycles. The molecular formula is C20H16O. The van der Waals surface area contributed by atoms with Crippen LogP contribution in [0.25, 0.3) is 32.3 Å². The monoisotopic (exact) mass is 272 g/mol. The molecule has 0 spiro atoms. The summed E-state index contributed by atoms with van der Waals surface area (Å²) in [5.74, 6) is 0.903. The Hall–Kier alpha value is -2.54. The quantitative estimate of drug-likeness (QED) is 0.330. The lowest BCUT2D eigenvalue weighted by molar-refractivity contribution is 0.415. The van der Waals surface area contributed by atoms with Gasteiger partial charge in [0, 0.05) is 0 Å². The summed E-state index contributed by atoms with van der Waals surface area (Å²) < 4.78 is 5.33. The highest BCUT2D eigenvalue weighted by Crippen LogP contribution is 2.33. The topological polar surface area (TPSA) is 9.23 Å². The summed E-state index contributed by atoms with van der Waals surface area (Å²) in [5, 5.41) is 7.73. The van der Waals surface area contributed by atoms with E-state index < -0.39 is 0 Å². The SMILES string of the molecule is COc1ccc2cc3c(cc2c1)c(C)cc1ccccc13. The highest BCUT2D eigenvalue weighted by Gasteiger charge is 2.06. The third-order valence-corrected chi connectivity index (χ3v) is 4.23. The van der Waals surface area contributed by atoms with E-state index in [1.54, 1.807) is 7.11 Å². The van der Waals surface area contributed by atoms with E-state index in [1.165, 1.54) is 37.9 Å². The molecule has 0 atom stereocenters. The minimum atomic E-state index is 0.903. The van der Waals surface area contributed by atoms with Crippen LogP contribution in [-0.4, -0.2) is 7.11 Å². The minimum absolute atomic E-state index is 0.903. The van der Waals surface area contributed by atoms with Crippen LogP contribution in [0.3, 0.4) is 0 Å². The molecule has 1 heteroatoms. The van der Waals surface area contributed by atoms with E-state index in [9.17, 15) is 0 Å². The molecule has 0 saturated heterocycles. The minimum Gasteiger partial charge on any atom is -0.497 e. The van der Waals surface area contributed by atoms with Gasteiger partial charge >= 0.3 is 0 Å². The van der Waals surface area contributed by atoms with Gasteiger partial charge in [0.05, 0.1) is 7.11 Å². The molecule has 102 valence electrons. The first-order valence-electron chi connectivity index (χ1n) is 7.16. The fraction of sp³-hybridized carbons (Fsp3) is 0.100. The summed E-state index contributed by atoms with van der Waals surface area (Å²) in [5.41, 5.74) is 1.31. The Morgan fingerprint density at radius 1 is 0.667 bits per heavy atom. The molecule has 0 aliphatic carbocycles. The fourth-order valence-corrected chi connectivity index (χ4v) is 3.13. The molecule has 0 aliphatic rings. The zero-order valence-electron chi connectivity index (χ0n) is 12.2. The normalized spacial score (nSPS) is 11.3. The van der Waals surface area contributed by atoms with Crippen LogP contribution in [0.2, 0.25) is 0 Å². The Bertz CT molecular complexity index is 983. The van der Waals surface area contributed by atoms with Gasteiger partial charge < -0.3 is 4.74 Å². The molecule has 0 fully saturated rings. The standard InChI is InChI=1S/C20H16O/c1-13-9-15-5-3-4-6-18(15)20-11-14-7-8-17(21-2)10-16(14)12-19(13)20/h3-12H,1-2H3. The van der Waals surface area contributed by atoms with Crippen LogP contribution in [0.4, 0.5) is 0 Å². The number of ether oxygens (including phenoxy) is 1. The van der Waals surface area contributed by atoms with Crippen molar-refractivity contribution in [2.45, 2.75) is 6.92 Å². The Kier molecular flexibility index (Phi) is 2.61. The molecule has 0 unspecified atom stereocenters. The first kappa shape index (κ1) is 12.2. The number of aryl methyl sites for hydroxylation is 1. The lowest BCUT2D eigenvalue weighted by atomic mass is 9.95. The largest absolute Gasteiger partial charge is 0.497 e. The van der Waals surface area contributed by atoms with Crippen LogP contribution in [0, 0.1) is 6.92 Å².